The minimum absolute atomic E-state index is 0.00624. The van der Waals surface area contributed by atoms with Crippen LogP contribution in [0.5, 0.6) is 0 Å². The molecular weight excluding hydrogens is 296 g/mol. The fraction of sp³-hybridized carbons (Fsp3) is 0.625. The summed E-state index contributed by atoms with van der Waals surface area (Å²) in [5.74, 6) is -0.0592. The van der Waals surface area contributed by atoms with Gasteiger partial charge in [0.05, 0.1) is 12.7 Å². The third-order valence-corrected chi connectivity index (χ3v) is 3.44. The molecule has 0 spiro atoms. The van der Waals surface area contributed by atoms with E-state index in [9.17, 15) is 9.59 Å². The Bertz CT molecular complexity index is 542. The summed E-state index contributed by atoms with van der Waals surface area (Å²) in [7, 11) is 0. The van der Waals surface area contributed by atoms with Gasteiger partial charge in [-0.1, -0.05) is 0 Å². The predicted octanol–water partition coefficient (Wildman–Crippen LogP) is 1.65. The first-order chi connectivity index (χ1) is 10.8. The first kappa shape index (κ1) is 17.3. The van der Waals surface area contributed by atoms with Crippen LogP contribution in [0.25, 0.3) is 0 Å². The van der Waals surface area contributed by atoms with Gasteiger partial charge in [0.2, 0.25) is 0 Å². The fourth-order valence-corrected chi connectivity index (χ4v) is 2.52. The van der Waals surface area contributed by atoms with Crippen molar-refractivity contribution in [3.8, 4) is 0 Å². The largest absolute Gasteiger partial charge is 0.444 e. The van der Waals surface area contributed by atoms with Crippen molar-refractivity contribution in [1.82, 2.24) is 20.2 Å². The van der Waals surface area contributed by atoms with Crippen molar-refractivity contribution in [2.45, 2.75) is 45.3 Å². The summed E-state index contributed by atoms with van der Waals surface area (Å²) >= 11 is 0. The normalized spacial score (nSPS) is 19.2. The van der Waals surface area contributed by atoms with Crippen LogP contribution in [-0.4, -0.2) is 58.0 Å². The molecule has 0 bridgehead atoms. The molecule has 126 valence electrons. The Labute approximate surface area is 136 Å². The van der Waals surface area contributed by atoms with E-state index in [0.717, 1.165) is 19.4 Å². The number of nitrogens with zero attached hydrogens (tertiary/aromatic N) is 3. The quantitative estimate of drug-likeness (QED) is 0.849. The molecule has 1 atom stereocenters. The molecular formula is C16H24N4O3. The second-order valence-electron chi connectivity index (χ2n) is 6.73. The van der Waals surface area contributed by atoms with E-state index >= 15 is 0 Å². The predicted molar refractivity (Wildman–Crippen MR) is 85.2 cm³/mol. The molecule has 2 rings (SSSR count). The van der Waals surface area contributed by atoms with Crippen molar-refractivity contribution < 1.29 is 14.3 Å². The van der Waals surface area contributed by atoms with Crippen LogP contribution in [-0.2, 0) is 4.74 Å². The third-order valence-electron chi connectivity index (χ3n) is 3.44. The first-order valence-corrected chi connectivity index (χ1v) is 7.84. The van der Waals surface area contributed by atoms with Gasteiger partial charge in [-0.3, -0.25) is 14.7 Å². The standard InChI is InChI=1S/C16H24N4O3/c1-16(2,3)23-15(22)19-12-5-4-8-20(10-12)11-14(21)13-9-17-6-7-18-13/h6-7,9,12H,4-5,8,10-11H2,1-3H3,(H,19,22)/t12-/m1/s1. The van der Waals surface area contributed by atoms with Crippen molar-refractivity contribution in [2.24, 2.45) is 0 Å². The molecule has 1 amide bonds. The maximum Gasteiger partial charge on any atom is 0.407 e. The van der Waals surface area contributed by atoms with Gasteiger partial charge in [-0.15, -0.1) is 0 Å². The lowest BCUT2D eigenvalue weighted by Gasteiger charge is -2.33. The molecule has 0 saturated carbocycles. The van der Waals surface area contributed by atoms with Crippen LogP contribution >= 0.6 is 0 Å². The van der Waals surface area contributed by atoms with Crippen molar-refractivity contribution in [3.05, 3.63) is 24.3 Å². The van der Waals surface area contributed by atoms with Crippen LogP contribution in [0.1, 0.15) is 44.1 Å². The van der Waals surface area contributed by atoms with Crippen LogP contribution in [0.2, 0.25) is 0 Å². The van der Waals surface area contributed by atoms with Crippen LogP contribution in [0, 0.1) is 0 Å². The van der Waals surface area contributed by atoms with Gasteiger partial charge in [0, 0.05) is 25.0 Å². The van der Waals surface area contributed by atoms with Gasteiger partial charge in [0.15, 0.2) is 5.78 Å². The molecule has 7 heteroatoms. The topological polar surface area (TPSA) is 84.4 Å². The molecule has 0 radical (unpaired) electrons. The van der Waals surface area contributed by atoms with E-state index in [0.29, 0.717) is 12.2 Å². The molecule has 23 heavy (non-hydrogen) atoms. The minimum Gasteiger partial charge on any atom is -0.444 e. The monoisotopic (exact) mass is 320 g/mol. The lowest BCUT2D eigenvalue weighted by Crippen LogP contribution is -2.50. The minimum atomic E-state index is -0.514. The number of likely N-dealkylation sites (tertiary alicyclic amines) is 1. The summed E-state index contributed by atoms with van der Waals surface area (Å²) in [6, 6.07) is -0.00624. The zero-order valence-electron chi connectivity index (χ0n) is 13.9. The Balaban J connectivity index is 1.84. The van der Waals surface area contributed by atoms with E-state index in [-0.39, 0.29) is 18.4 Å². The average molecular weight is 320 g/mol. The summed E-state index contributed by atoms with van der Waals surface area (Å²) in [4.78, 5) is 34.0. The summed E-state index contributed by atoms with van der Waals surface area (Å²) in [6.07, 6.45) is 5.92. The number of carbonyl (C=O) groups is 2. The Kier molecular flexibility index (Phi) is 5.65. The molecule has 0 aromatic carbocycles. The lowest BCUT2D eigenvalue weighted by molar-refractivity contribution is 0.0473. The smallest absolute Gasteiger partial charge is 0.407 e. The Morgan fingerprint density at radius 3 is 2.83 bits per heavy atom. The van der Waals surface area contributed by atoms with Crippen LogP contribution in [0.3, 0.4) is 0 Å². The Hall–Kier alpha value is -2.02. The van der Waals surface area contributed by atoms with Gasteiger partial charge in [-0.2, -0.15) is 0 Å². The number of ether oxygens (including phenoxy) is 1. The van der Waals surface area contributed by atoms with Crippen LogP contribution < -0.4 is 5.32 Å². The van der Waals surface area contributed by atoms with Gasteiger partial charge in [-0.25, -0.2) is 9.78 Å². The van der Waals surface area contributed by atoms with E-state index in [2.05, 4.69) is 15.3 Å². The molecule has 1 saturated heterocycles. The molecule has 0 unspecified atom stereocenters. The fourth-order valence-electron chi connectivity index (χ4n) is 2.52. The highest BCUT2D eigenvalue weighted by molar-refractivity contribution is 5.95. The van der Waals surface area contributed by atoms with Crippen molar-refractivity contribution in [2.75, 3.05) is 19.6 Å². The van der Waals surface area contributed by atoms with Crippen molar-refractivity contribution in [3.63, 3.8) is 0 Å². The van der Waals surface area contributed by atoms with E-state index in [1.807, 2.05) is 25.7 Å². The van der Waals surface area contributed by atoms with Crippen LogP contribution in [0.4, 0.5) is 4.79 Å². The number of ketones is 1. The zero-order chi connectivity index (χ0) is 16.9. The van der Waals surface area contributed by atoms with Gasteiger partial charge < -0.3 is 10.1 Å². The highest BCUT2D eigenvalue weighted by atomic mass is 16.6. The Morgan fingerprint density at radius 2 is 2.17 bits per heavy atom. The molecule has 7 nitrogen and oxygen atoms in total. The van der Waals surface area contributed by atoms with Gasteiger partial charge in [0.1, 0.15) is 11.3 Å². The molecule has 0 aliphatic carbocycles. The van der Waals surface area contributed by atoms with E-state index < -0.39 is 11.7 Å². The average Bonchev–Trinajstić information content (AvgIpc) is 2.46. The maximum absolute atomic E-state index is 12.2. The van der Waals surface area contributed by atoms with Gasteiger partial charge >= 0.3 is 6.09 Å². The molecule has 2 heterocycles. The number of alkyl carbamates (subject to hydrolysis) is 1. The number of Topliss-reactive ketones (excluding diaryl/α,β-unsaturated/α-hetero) is 1. The third kappa shape index (κ3) is 5.94. The Morgan fingerprint density at radius 1 is 1.39 bits per heavy atom. The number of hydrogen-bond donors (Lipinski definition) is 1. The maximum atomic E-state index is 12.2. The summed E-state index contributed by atoms with van der Waals surface area (Å²) in [5.41, 5.74) is -0.143. The van der Waals surface area contributed by atoms with E-state index in [1.165, 1.54) is 12.4 Å². The zero-order valence-corrected chi connectivity index (χ0v) is 13.9. The first-order valence-electron chi connectivity index (χ1n) is 7.84. The number of amides is 1. The number of nitrogens with one attached hydrogen (secondary N) is 1. The highest BCUT2D eigenvalue weighted by Gasteiger charge is 2.25. The number of carbonyl (C=O) groups excluding carboxylic acids is 2. The SMILES string of the molecule is CC(C)(C)OC(=O)N[C@@H]1CCCN(CC(=O)c2cnccn2)C1. The lowest BCUT2D eigenvalue weighted by atomic mass is 10.1. The second kappa shape index (κ2) is 7.50. The second-order valence-corrected chi connectivity index (χ2v) is 6.73. The van der Waals surface area contributed by atoms with E-state index in [1.54, 1.807) is 6.20 Å². The summed E-state index contributed by atoms with van der Waals surface area (Å²) < 4.78 is 5.27. The molecule has 1 aromatic rings. The summed E-state index contributed by atoms with van der Waals surface area (Å²) in [6.45, 7) is 7.24. The number of hydrogen-bond acceptors (Lipinski definition) is 6. The van der Waals surface area contributed by atoms with Gasteiger partial charge in [0.25, 0.3) is 0 Å². The molecule has 1 aliphatic heterocycles. The van der Waals surface area contributed by atoms with E-state index in [4.69, 9.17) is 4.74 Å². The number of piperidine rings is 1. The summed E-state index contributed by atoms with van der Waals surface area (Å²) in [5, 5.41) is 2.88. The van der Waals surface area contributed by atoms with Crippen molar-refractivity contribution in [1.29, 1.82) is 0 Å². The van der Waals surface area contributed by atoms with Crippen LogP contribution in [0.15, 0.2) is 18.6 Å². The number of aromatic nitrogens is 2. The van der Waals surface area contributed by atoms with Crippen molar-refractivity contribution >= 4 is 11.9 Å². The molecule has 1 fully saturated rings. The van der Waals surface area contributed by atoms with Gasteiger partial charge in [-0.05, 0) is 40.2 Å². The number of rotatable bonds is 4. The molecule has 1 aromatic heterocycles. The highest BCUT2D eigenvalue weighted by Crippen LogP contribution is 2.12. The molecule has 1 N–H and O–H groups in total. The molecule has 1 aliphatic rings.